The van der Waals surface area contributed by atoms with E-state index in [-0.39, 0.29) is 34.7 Å². The topological polar surface area (TPSA) is 113 Å². The lowest BCUT2D eigenvalue weighted by molar-refractivity contribution is -0.116. The Morgan fingerprint density at radius 1 is 1.41 bits per heavy atom. The fraction of sp³-hybridized carbons (Fsp3) is 0.500. The standard InChI is InChI=1S/C14H21N3O4S/c1-10(15)8-14(19)16-12-9-11(4-5-13(12)18)22(20,21)17-6-2-3-7-17/h4-5,9-10,18H,2-3,6-8,15H2,1H3,(H,16,19). The van der Waals surface area contributed by atoms with Gasteiger partial charge in [0.05, 0.1) is 10.6 Å². The molecule has 0 saturated carbocycles. The van der Waals surface area contributed by atoms with Gasteiger partial charge in [-0.15, -0.1) is 0 Å². The Labute approximate surface area is 130 Å². The Hall–Kier alpha value is -1.64. The molecule has 0 bridgehead atoms. The number of phenols is 1. The quantitative estimate of drug-likeness (QED) is 0.694. The molecule has 0 aliphatic carbocycles. The molecular formula is C14H21N3O4S. The maximum absolute atomic E-state index is 12.5. The van der Waals surface area contributed by atoms with Crippen molar-refractivity contribution in [3.63, 3.8) is 0 Å². The Balaban J connectivity index is 2.24. The Bertz CT molecular complexity index is 652. The van der Waals surface area contributed by atoms with Gasteiger partial charge < -0.3 is 16.2 Å². The smallest absolute Gasteiger partial charge is 0.243 e. The molecule has 8 heteroatoms. The van der Waals surface area contributed by atoms with Crippen molar-refractivity contribution >= 4 is 21.6 Å². The Kier molecular flexibility index (Phi) is 5.05. The van der Waals surface area contributed by atoms with E-state index < -0.39 is 10.0 Å². The lowest BCUT2D eigenvalue weighted by atomic mass is 10.2. The number of phenolic OH excluding ortho intramolecular Hbond substituents is 1. The predicted molar refractivity (Wildman–Crippen MR) is 83.0 cm³/mol. The van der Waals surface area contributed by atoms with Crippen LogP contribution in [-0.4, -0.2) is 42.9 Å². The van der Waals surface area contributed by atoms with Crippen LogP contribution in [-0.2, 0) is 14.8 Å². The second-order valence-electron chi connectivity index (χ2n) is 5.52. The number of anilines is 1. The molecule has 1 fully saturated rings. The van der Waals surface area contributed by atoms with Gasteiger partial charge in [-0.3, -0.25) is 4.79 Å². The highest BCUT2D eigenvalue weighted by Crippen LogP contribution is 2.29. The first-order chi connectivity index (χ1) is 10.3. The summed E-state index contributed by atoms with van der Waals surface area (Å²) in [4.78, 5) is 11.8. The molecule has 2 rings (SSSR count). The molecule has 0 aromatic heterocycles. The van der Waals surface area contributed by atoms with Crippen molar-refractivity contribution < 1.29 is 18.3 Å². The van der Waals surface area contributed by atoms with Gasteiger partial charge >= 0.3 is 0 Å². The lowest BCUT2D eigenvalue weighted by Gasteiger charge is -2.17. The maximum atomic E-state index is 12.5. The van der Waals surface area contributed by atoms with Crippen LogP contribution in [0.2, 0.25) is 0 Å². The molecule has 1 aromatic carbocycles. The summed E-state index contributed by atoms with van der Waals surface area (Å²) >= 11 is 0. The molecule has 22 heavy (non-hydrogen) atoms. The van der Waals surface area contributed by atoms with Crippen molar-refractivity contribution in [1.29, 1.82) is 0 Å². The summed E-state index contributed by atoms with van der Waals surface area (Å²) in [5.74, 6) is -0.556. The summed E-state index contributed by atoms with van der Waals surface area (Å²) in [6.45, 7) is 2.68. The second-order valence-corrected chi connectivity index (χ2v) is 7.46. The number of nitrogens with one attached hydrogen (secondary N) is 1. The van der Waals surface area contributed by atoms with Crippen molar-refractivity contribution in [3.8, 4) is 5.75 Å². The molecule has 0 spiro atoms. The fourth-order valence-electron chi connectivity index (χ4n) is 2.35. The van der Waals surface area contributed by atoms with Crippen LogP contribution in [0.25, 0.3) is 0 Å². The molecule has 1 heterocycles. The van der Waals surface area contributed by atoms with Crippen molar-refractivity contribution in [1.82, 2.24) is 4.31 Å². The van der Waals surface area contributed by atoms with Gasteiger partial charge in [-0.05, 0) is 38.0 Å². The third-order valence-electron chi connectivity index (χ3n) is 3.45. The first-order valence-electron chi connectivity index (χ1n) is 7.19. The molecule has 1 atom stereocenters. The normalized spacial score (nSPS) is 17.4. The van der Waals surface area contributed by atoms with Crippen molar-refractivity contribution in [3.05, 3.63) is 18.2 Å². The minimum atomic E-state index is -3.59. The van der Waals surface area contributed by atoms with E-state index in [1.807, 2.05) is 0 Å². The largest absolute Gasteiger partial charge is 0.506 e. The van der Waals surface area contributed by atoms with E-state index in [9.17, 15) is 18.3 Å². The average Bonchev–Trinajstić information content (AvgIpc) is 2.94. The van der Waals surface area contributed by atoms with Crippen molar-refractivity contribution in [2.24, 2.45) is 5.73 Å². The van der Waals surface area contributed by atoms with Crippen molar-refractivity contribution in [2.45, 2.75) is 37.1 Å². The number of aromatic hydroxyl groups is 1. The molecule has 1 saturated heterocycles. The number of hydrogen-bond donors (Lipinski definition) is 3. The van der Waals surface area contributed by atoms with Crippen LogP contribution in [0, 0.1) is 0 Å². The zero-order valence-electron chi connectivity index (χ0n) is 12.4. The van der Waals surface area contributed by atoms with E-state index in [0.29, 0.717) is 13.1 Å². The zero-order chi connectivity index (χ0) is 16.3. The summed E-state index contributed by atoms with van der Waals surface area (Å²) in [7, 11) is -3.59. The van der Waals surface area contributed by atoms with Gasteiger partial charge in [0.1, 0.15) is 5.75 Å². The zero-order valence-corrected chi connectivity index (χ0v) is 13.3. The first kappa shape index (κ1) is 16.7. The maximum Gasteiger partial charge on any atom is 0.243 e. The van der Waals surface area contributed by atoms with E-state index >= 15 is 0 Å². The van der Waals surface area contributed by atoms with E-state index in [0.717, 1.165) is 12.8 Å². The van der Waals surface area contributed by atoms with E-state index in [1.54, 1.807) is 6.92 Å². The van der Waals surface area contributed by atoms with E-state index in [1.165, 1.54) is 22.5 Å². The minimum absolute atomic E-state index is 0.0586. The highest BCUT2D eigenvalue weighted by molar-refractivity contribution is 7.89. The molecule has 1 aromatic rings. The third-order valence-corrected chi connectivity index (χ3v) is 5.35. The average molecular weight is 327 g/mol. The van der Waals surface area contributed by atoms with Crippen LogP contribution in [0.5, 0.6) is 5.75 Å². The minimum Gasteiger partial charge on any atom is -0.506 e. The summed E-state index contributed by atoms with van der Waals surface area (Å²) in [5.41, 5.74) is 5.62. The Morgan fingerprint density at radius 2 is 2.05 bits per heavy atom. The summed E-state index contributed by atoms with van der Waals surface area (Å²) in [6.07, 6.45) is 1.77. The second kappa shape index (κ2) is 6.64. The molecule has 4 N–H and O–H groups in total. The van der Waals surface area contributed by atoms with E-state index in [4.69, 9.17) is 5.73 Å². The van der Waals surface area contributed by atoms with Crippen LogP contribution >= 0.6 is 0 Å². The third kappa shape index (κ3) is 3.76. The number of sulfonamides is 1. The van der Waals surface area contributed by atoms with Gasteiger partial charge in [0.15, 0.2) is 0 Å². The number of nitrogens with two attached hydrogens (primary N) is 1. The summed E-state index contributed by atoms with van der Waals surface area (Å²) in [5, 5.41) is 12.3. The number of carbonyl (C=O) groups excluding carboxylic acids is 1. The molecule has 1 unspecified atom stereocenters. The summed E-state index contributed by atoms with van der Waals surface area (Å²) in [6, 6.07) is 3.56. The number of benzene rings is 1. The predicted octanol–water partition coefficient (Wildman–Crippen LogP) is 0.852. The van der Waals surface area contributed by atoms with Gasteiger partial charge in [-0.25, -0.2) is 8.42 Å². The molecule has 122 valence electrons. The number of rotatable bonds is 5. The van der Waals surface area contributed by atoms with Gasteiger partial charge in [-0.2, -0.15) is 4.31 Å². The molecule has 1 aliphatic heterocycles. The van der Waals surface area contributed by atoms with Gasteiger partial charge in [0, 0.05) is 25.6 Å². The monoisotopic (exact) mass is 327 g/mol. The first-order valence-corrected chi connectivity index (χ1v) is 8.63. The number of amides is 1. The van der Waals surface area contributed by atoms with Crippen LogP contribution in [0.4, 0.5) is 5.69 Å². The van der Waals surface area contributed by atoms with Crippen LogP contribution in [0.3, 0.4) is 0 Å². The van der Waals surface area contributed by atoms with Crippen molar-refractivity contribution in [2.75, 3.05) is 18.4 Å². The number of nitrogens with zero attached hydrogens (tertiary/aromatic N) is 1. The molecule has 7 nitrogen and oxygen atoms in total. The number of hydrogen-bond acceptors (Lipinski definition) is 5. The molecular weight excluding hydrogens is 306 g/mol. The van der Waals surface area contributed by atoms with Crippen LogP contribution in [0.1, 0.15) is 26.2 Å². The van der Waals surface area contributed by atoms with Gasteiger partial charge in [0.2, 0.25) is 15.9 Å². The van der Waals surface area contributed by atoms with Crippen LogP contribution in [0.15, 0.2) is 23.1 Å². The summed E-state index contributed by atoms with van der Waals surface area (Å²) < 4.78 is 26.4. The van der Waals surface area contributed by atoms with Crippen LogP contribution < -0.4 is 11.1 Å². The molecule has 0 radical (unpaired) electrons. The number of carbonyl (C=O) groups is 1. The molecule has 1 amide bonds. The lowest BCUT2D eigenvalue weighted by Crippen LogP contribution is -2.28. The molecule has 1 aliphatic rings. The SMILES string of the molecule is CC(N)CC(=O)Nc1cc(S(=O)(=O)N2CCCC2)ccc1O. The Morgan fingerprint density at radius 3 is 2.64 bits per heavy atom. The van der Waals surface area contributed by atoms with Gasteiger partial charge in [0.25, 0.3) is 0 Å². The highest BCUT2D eigenvalue weighted by atomic mass is 32.2. The van der Waals surface area contributed by atoms with Gasteiger partial charge in [-0.1, -0.05) is 0 Å². The highest BCUT2D eigenvalue weighted by Gasteiger charge is 2.27. The fourth-order valence-corrected chi connectivity index (χ4v) is 3.89. The van der Waals surface area contributed by atoms with E-state index in [2.05, 4.69) is 5.32 Å².